The predicted molar refractivity (Wildman–Crippen MR) is 58.0 cm³/mol. The van der Waals surface area contributed by atoms with Crippen molar-refractivity contribution in [2.45, 2.75) is 6.42 Å². The van der Waals surface area contributed by atoms with Gasteiger partial charge in [-0.25, -0.2) is 8.78 Å². The molecule has 1 N–H and O–H groups in total. The molecule has 1 amide bonds. The van der Waals surface area contributed by atoms with E-state index in [1.807, 2.05) is 0 Å². The van der Waals surface area contributed by atoms with Gasteiger partial charge in [-0.3, -0.25) is 9.59 Å². The highest BCUT2D eigenvalue weighted by Gasteiger charge is 2.32. The maximum Gasteiger partial charge on any atom is 0.308 e. The molecule has 1 heterocycles. The van der Waals surface area contributed by atoms with Crippen LogP contribution >= 0.6 is 0 Å². The normalized spacial score (nSPS) is 19.0. The van der Waals surface area contributed by atoms with Crippen LogP contribution in [0.2, 0.25) is 0 Å². The van der Waals surface area contributed by atoms with E-state index < -0.39 is 29.4 Å². The molecule has 0 radical (unpaired) electrons. The molecular formula is C12H11F2NO3. The fraction of sp³-hybridized carbons (Fsp3) is 0.333. The summed E-state index contributed by atoms with van der Waals surface area (Å²) in [4.78, 5) is 23.9. The number of rotatable bonds is 2. The lowest BCUT2D eigenvalue weighted by Crippen LogP contribution is -2.30. The summed E-state index contributed by atoms with van der Waals surface area (Å²) in [7, 11) is 0. The van der Waals surface area contributed by atoms with Gasteiger partial charge in [0.25, 0.3) is 5.91 Å². The number of likely N-dealkylation sites (tertiary alicyclic amines) is 1. The minimum absolute atomic E-state index is 0.0605. The maximum atomic E-state index is 13.4. The van der Waals surface area contributed by atoms with Crippen LogP contribution < -0.4 is 0 Å². The van der Waals surface area contributed by atoms with Gasteiger partial charge in [0.1, 0.15) is 11.6 Å². The van der Waals surface area contributed by atoms with Gasteiger partial charge in [-0.15, -0.1) is 0 Å². The lowest BCUT2D eigenvalue weighted by atomic mass is 10.1. The highest BCUT2D eigenvalue weighted by Crippen LogP contribution is 2.20. The van der Waals surface area contributed by atoms with E-state index in [1.54, 1.807) is 0 Å². The fourth-order valence-electron chi connectivity index (χ4n) is 1.98. The molecule has 0 saturated carbocycles. The third-order valence-electron chi connectivity index (χ3n) is 2.99. The summed E-state index contributed by atoms with van der Waals surface area (Å²) < 4.78 is 26.1. The zero-order chi connectivity index (χ0) is 13.3. The number of hydrogen-bond acceptors (Lipinski definition) is 2. The second-order valence-electron chi connectivity index (χ2n) is 4.20. The molecule has 1 aliphatic rings. The van der Waals surface area contributed by atoms with Gasteiger partial charge >= 0.3 is 5.97 Å². The average molecular weight is 255 g/mol. The quantitative estimate of drug-likeness (QED) is 0.871. The van der Waals surface area contributed by atoms with E-state index in [-0.39, 0.29) is 18.7 Å². The largest absolute Gasteiger partial charge is 0.481 e. The van der Waals surface area contributed by atoms with Gasteiger partial charge in [0, 0.05) is 19.2 Å². The van der Waals surface area contributed by atoms with Gasteiger partial charge in [-0.2, -0.15) is 0 Å². The van der Waals surface area contributed by atoms with Gasteiger partial charge in [0.2, 0.25) is 0 Å². The third kappa shape index (κ3) is 2.32. The summed E-state index contributed by atoms with van der Waals surface area (Å²) in [5, 5.41) is 8.81. The molecule has 4 nitrogen and oxygen atoms in total. The van der Waals surface area contributed by atoms with Crippen molar-refractivity contribution in [2.24, 2.45) is 5.92 Å². The standard InChI is InChI=1S/C12H11F2NO3/c13-8-1-2-9(10(14)5-8)11(16)15-4-3-7(6-15)12(17)18/h1-2,5,7H,3-4,6H2,(H,17,18)/t7-/m0/s1. The van der Waals surface area contributed by atoms with Crippen molar-refractivity contribution in [1.82, 2.24) is 4.90 Å². The van der Waals surface area contributed by atoms with Crippen molar-refractivity contribution >= 4 is 11.9 Å². The number of carbonyl (C=O) groups is 2. The SMILES string of the molecule is O=C(O)[C@H]1CCN(C(=O)c2ccc(F)cc2F)C1. The molecule has 1 fully saturated rings. The van der Waals surface area contributed by atoms with Gasteiger partial charge in [0.15, 0.2) is 0 Å². The number of carboxylic acid groups (broad SMARTS) is 1. The summed E-state index contributed by atoms with van der Waals surface area (Å²) in [6, 6.07) is 2.71. The van der Waals surface area contributed by atoms with Crippen LogP contribution in [0.4, 0.5) is 8.78 Å². The number of carboxylic acids is 1. The first-order valence-corrected chi connectivity index (χ1v) is 5.46. The van der Waals surface area contributed by atoms with Crippen molar-refractivity contribution < 1.29 is 23.5 Å². The second-order valence-corrected chi connectivity index (χ2v) is 4.20. The minimum atomic E-state index is -0.968. The zero-order valence-electron chi connectivity index (χ0n) is 9.40. The third-order valence-corrected chi connectivity index (χ3v) is 2.99. The van der Waals surface area contributed by atoms with E-state index in [9.17, 15) is 18.4 Å². The predicted octanol–water partition coefficient (Wildman–Crippen LogP) is 1.51. The molecule has 2 rings (SSSR count). The number of carbonyl (C=O) groups excluding carboxylic acids is 1. The first-order chi connectivity index (χ1) is 8.49. The van der Waals surface area contributed by atoms with Crippen molar-refractivity contribution in [3.05, 3.63) is 35.4 Å². The number of halogens is 2. The summed E-state index contributed by atoms with van der Waals surface area (Å²) in [6.45, 7) is 0.331. The molecule has 0 spiro atoms. The van der Waals surface area contributed by atoms with Crippen LogP contribution in [0, 0.1) is 17.6 Å². The van der Waals surface area contributed by atoms with Gasteiger partial charge in [-0.05, 0) is 18.6 Å². The molecule has 1 aromatic rings. The van der Waals surface area contributed by atoms with Crippen molar-refractivity contribution in [2.75, 3.05) is 13.1 Å². The summed E-state index contributed by atoms with van der Waals surface area (Å²) in [5.74, 6) is -3.87. The van der Waals surface area contributed by atoms with E-state index in [1.165, 1.54) is 4.90 Å². The van der Waals surface area contributed by atoms with Crippen LogP contribution in [0.3, 0.4) is 0 Å². The lowest BCUT2D eigenvalue weighted by Gasteiger charge is -2.16. The van der Waals surface area contributed by atoms with Crippen LogP contribution in [0.5, 0.6) is 0 Å². The first-order valence-electron chi connectivity index (χ1n) is 5.46. The zero-order valence-corrected chi connectivity index (χ0v) is 9.40. The number of benzene rings is 1. The molecule has 1 saturated heterocycles. The number of hydrogen-bond donors (Lipinski definition) is 1. The van der Waals surface area contributed by atoms with Crippen molar-refractivity contribution in [3.8, 4) is 0 Å². The highest BCUT2D eigenvalue weighted by atomic mass is 19.1. The Kier molecular flexibility index (Phi) is 3.27. The van der Waals surface area contributed by atoms with E-state index >= 15 is 0 Å². The fourth-order valence-corrected chi connectivity index (χ4v) is 1.98. The second kappa shape index (κ2) is 4.72. The molecule has 1 atom stereocenters. The molecule has 0 bridgehead atoms. The maximum absolute atomic E-state index is 13.4. The highest BCUT2D eigenvalue weighted by molar-refractivity contribution is 5.95. The molecule has 0 unspecified atom stereocenters. The molecule has 0 aliphatic carbocycles. The Bertz CT molecular complexity index is 504. The van der Waals surface area contributed by atoms with Gasteiger partial charge < -0.3 is 10.0 Å². The summed E-state index contributed by atoms with van der Waals surface area (Å²) in [6.07, 6.45) is 0.351. The van der Waals surface area contributed by atoms with Crippen LogP contribution in [0.15, 0.2) is 18.2 Å². The number of amides is 1. The molecule has 1 aliphatic heterocycles. The van der Waals surface area contributed by atoms with Crippen molar-refractivity contribution in [1.29, 1.82) is 0 Å². The Morgan fingerprint density at radius 2 is 2.06 bits per heavy atom. The van der Waals surface area contributed by atoms with Crippen LogP contribution in [-0.4, -0.2) is 35.0 Å². The van der Waals surface area contributed by atoms with E-state index in [0.717, 1.165) is 12.1 Å². The van der Waals surface area contributed by atoms with Crippen LogP contribution in [-0.2, 0) is 4.79 Å². The monoisotopic (exact) mass is 255 g/mol. The molecule has 6 heteroatoms. The smallest absolute Gasteiger partial charge is 0.308 e. The Labute approximate surface area is 102 Å². The minimum Gasteiger partial charge on any atom is -0.481 e. The number of nitrogens with zero attached hydrogens (tertiary/aromatic N) is 1. The molecule has 0 aromatic heterocycles. The van der Waals surface area contributed by atoms with Gasteiger partial charge in [-0.1, -0.05) is 0 Å². The van der Waals surface area contributed by atoms with E-state index in [2.05, 4.69) is 0 Å². The Morgan fingerprint density at radius 1 is 1.33 bits per heavy atom. The Balaban J connectivity index is 2.15. The first kappa shape index (κ1) is 12.5. The van der Waals surface area contributed by atoms with Crippen molar-refractivity contribution in [3.63, 3.8) is 0 Å². The number of aliphatic carboxylic acids is 1. The van der Waals surface area contributed by atoms with Gasteiger partial charge in [0.05, 0.1) is 11.5 Å². The summed E-state index contributed by atoms with van der Waals surface area (Å²) >= 11 is 0. The molecule has 1 aromatic carbocycles. The van der Waals surface area contributed by atoms with E-state index in [4.69, 9.17) is 5.11 Å². The average Bonchev–Trinajstić information content (AvgIpc) is 2.77. The van der Waals surface area contributed by atoms with Crippen LogP contribution in [0.1, 0.15) is 16.8 Å². The Morgan fingerprint density at radius 3 is 2.61 bits per heavy atom. The lowest BCUT2D eigenvalue weighted by molar-refractivity contribution is -0.141. The molecule has 18 heavy (non-hydrogen) atoms. The molecule has 96 valence electrons. The topological polar surface area (TPSA) is 57.6 Å². The summed E-state index contributed by atoms with van der Waals surface area (Å²) in [5.41, 5.74) is -0.234. The van der Waals surface area contributed by atoms with Crippen LogP contribution in [0.25, 0.3) is 0 Å². The Hall–Kier alpha value is -1.98. The van der Waals surface area contributed by atoms with E-state index in [0.29, 0.717) is 12.5 Å². The molecular weight excluding hydrogens is 244 g/mol.